The Bertz CT molecular complexity index is 1680. The molecule has 2 aromatic carbocycles. The predicted molar refractivity (Wildman–Crippen MR) is 139 cm³/mol. The molecule has 2 aliphatic heterocycles. The Morgan fingerprint density at radius 3 is 2.54 bits per heavy atom. The van der Waals surface area contributed by atoms with Gasteiger partial charge < -0.3 is 19.5 Å². The molecular formula is C27H25N3O6S. The van der Waals surface area contributed by atoms with Gasteiger partial charge in [0.1, 0.15) is 4.53 Å². The Labute approximate surface area is 216 Å². The Kier molecular flexibility index (Phi) is 6.20. The number of anilines is 1. The largest absolute Gasteiger partial charge is 0.493 e. The third-order valence-electron chi connectivity index (χ3n) is 6.36. The average molecular weight is 520 g/mol. The van der Waals surface area contributed by atoms with E-state index in [0.717, 1.165) is 16.9 Å². The van der Waals surface area contributed by atoms with E-state index < -0.39 is 17.6 Å². The lowest BCUT2D eigenvalue weighted by molar-refractivity contribution is -0.139. The second-order valence-electron chi connectivity index (χ2n) is 8.62. The molecule has 0 spiro atoms. The molecule has 1 aromatic heterocycles. The molecule has 1 N–H and O–H groups in total. The highest BCUT2D eigenvalue weighted by Crippen LogP contribution is 2.36. The maximum atomic E-state index is 14.0. The van der Waals surface area contributed by atoms with Crippen LogP contribution in [-0.4, -0.2) is 37.3 Å². The van der Waals surface area contributed by atoms with Crippen LogP contribution in [0.15, 0.2) is 57.5 Å². The number of nitrogens with one attached hydrogen (secondary N) is 1. The number of methoxy groups -OCH3 is 2. The van der Waals surface area contributed by atoms with Gasteiger partial charge in [-0.25, -0.2) is 9.79 Å². The molecule has 1 atom stereocenters. The maximum absolute atomic E-state index is 14.0. The number of carbonyl (C=O) groups excluding carboxylic acids is 2. The van der Waals surface area contributed by atoms with Gasteiger partial charge in [-0.2, -0.15) is 0 Å². The van der Waals surface area contributed by atoms with Crippen molar-refractivity contribution in [2.45, 2.75) is 26.8 Å². The van der Waals surface area contributed by atoms with E-state index in [1.165, 1.54) is 18.8 Å². The Morgan fingerprint density at radius 1 is 1.08 bits per heavy atom. The molecule has 2 aliphatic rings. The van der Waals surface area contributed by atoms with E-state index in [0.29, 0.717) is 44.4 Å². The summed E-state index contributed by atoms with van der Waals surface area (Å²) in [5, 5.41) is 2.84. The molecule has 5 rings (SSSR count). The van der Waals surface area contributed by atoms with Crippen LogP contribution in [0.2, 0.25) is 0 Å². The first kappa shape index (κ1) is 24.5. The zero-order valence-corrected chi connectivity index (χ0v) is 21.8. The van der Waals surface area contributed by atoms with E-state index in [1.807, 2.05) is 25.1 Å². The van der Waals surface area contributed by atoms with Crippen molar-refractivity contribution in [3.63, 3.8) is 0 Å². The van der Waals surface area contributed by atoms with Crippen molar-refractivity contribution in [2.24, 2.45) is 4.99 Å². The zero-order valence-electron chi connectivity index (χ0n) is 21.0. The number of fused-ring (bicyclic) bond motifs is 2. The minimum atomic E-state index is -0.842. The standard InChI is InChI=1S/C27H25N3O6S/c1-6-36-26(33)20-14(3)28-27-30(22(20)15-8-10-18(34-4)19(12-15)35-5)25(32)23(37-27)21-16-11-13(2)7-9-17(16)29-24(21)31/h7-12,22H,6H2,1-5H3,(H,29,31)/b23-21-/t22-/m0/s1. The number of amides is 1. The molecule has 10 heteroatoms. The van der Waals surface area contributed by atoms with Crippen LogP contribution in [0.3, 0.4) is 0 Å². The van der Waals surface area contributed by atoms with Crippen LogP contribution < -0.4 is 29.7 Å². The summed E-state index contributed by atoms with van der Waals surface area (Å²) >= 11 is 1.12. The molecule has 0 aliphatic carbocycles. The van der Waals surface area contributed by atoms with Crippen molar-refractivity contribution >= 4 is 34.5 Å². The number of carbonyl (C=O) groups is 2. The number of benzene rings is 2. The Morgan fingerprint density at radius 2 is 1.84 bits per heavy atom. The first-order valence-corrected chi connectivity index (χ1v) is 12.5. The zero-order chi connectivity index (χ0) is 26.4. The molecule has 37 heavy (non-hydrogen) atoms. The van der Waals surface area contributed by atoms with Crippen molar-refractivity contribution in [2.75, 3.05) is 26.1 Å². The summed E-state index contributed by atoms with van der Waals surface area (Å²) in [6, 6.07) is 9.97. The number of thiazole rings is 1. The molecule has 0 bridgehead atoms. The van der Waals surface area contributed by atoms with Gasteiger partial charge in [0.25, 0.3) is 11.5 Å². The summed E-state index contributed by atoms with van der Waals surface area (Å²) in [4.78, 5) is 45.1. The van der Waals surface area contributed by atoms with Gasteiger partial charge in [0, 0.05) is 11.3 Å². The monoisotopic (exact) mass is 519 g/mol. The van der Waals surface area contributed by atoms with E-state index in [-0.39, 0.29) is 22.6 Å². The second-order valence-corrected chi connectivity index (χ2v) is 9.59. The van der Waals surface area contributed by atoms with Crippen molar-refractivity contribution in [1.29, 1.82) is 0 Å². The molecule has 0 radical (unpaired) electrons. The van der Waals surface area contributed by atoms with Gasteiger partial charge in [0.05, 0.1) is 43.7 Å². The highest BCUT2D eigenvalue weighted by atomic mass is 32.1. The van der Waals surface area contributed by atoms with Crippen molar-refractivity contribution in [1.82, 2.24) is 4.57 Å². The summed E-state index contributed by atoms with van der Waals surface area (Å²) < 4.78 is 17.9. The quantitative estimate of drug-likeness (QED) is 0.519. The molecule has 3 aromatic rings. The summed E-state index contributed by atoms with van der Waals surface area (Å²) in [5.41, 5.74) is 3.44. The van der Waals surface area contributed by atoms with Crippen LogP contribution in [0.5, 0.6) is 11.5 Å². The van der Waals surface area contributed by atoms with E-state index in [2.05, 4.69) is 10.3 Å². The van der Waals surface area contributed by atoms with Crippen molar-refractivity contribution in [3.8, 4) is 11.5 Å². The predicted octanol–water partition coefficient (Wildman–Crippen LogP) is 2.45. The minimum Gasteiger partial charge on any atom is -0.493 e. The number of esters is 1. The summed E-state index contributed by atoms with van der Waals surface area (Å²) in [6.45, 7) is 5.52. The average Bonchev–Trinajstić information content (AvgIpc) is 3.37. The molecule has 9 nitrogen and oxygen atoms in total. The lowest BCUT2D eigenvalue weighted by Crippen LogP contribution is -2.40. The number of aryl methyl sites for hydroxylation is 1. The number of hydrogen-bond donors (Lipinski definition) is 1. The molecule has 190 valence electrons. The Hall–Kier alpha value is -4.18. The first-order chi connectivity index (χ1) is 17.8. The number of rotatable bonds is 5. The Balaban J connectivity index is 1.82. The van der Waals surface area contributed by atoms with Gasteiger partial charge in [0.15, 0.2) is 16.3 Å². The van der Waals surface area contributed by atoms with Gasteiger partial charge in [-0.05, 0) is 50.6 Å². The van der Waals surface area contributed by atoms with Gasteiger partial charge in [0.2, 0.25) is 0 Å². The lowest BCUT2D eigenvalue weighted by Gasteiger charge is -2.25. The van der Waals surface area contributed by atoms with E-state index in [4.69, 9.17) is 14.2 Å². The fourth-order valence-electron chi connectivity index (χ4n) is 4.69. The molecule has 0 saturated heterocycles. The first-order valence-electron chi connectivity index (χ1n) is 11.7. The third-order valence-corrected chi connectivity index (χ3v) is 7.42. The van der Waals surface area contributed by atoms with Gasteiger partial charge in [-0.3, -0.25) is 14.2 Å². The van der Waals surface area contributed by atoms with Crippen molar-refractivity contribution in [3.05, 3.63) is 84.0 Å². The van der Waals surface area contributed by atoms with E-state index >= 15 is 0 Å². The van der Waals surface area contributed by atoms with E-state index in [9.17, 15) is 14.4 Å². The van der Waals surface area contributed by atoms with Crippen molar-refractivity contribution < 1.29 is 23.8 Å². The maximum Gasteiger partial charge on any atom is 0.338 e. The highest BCUT2D eigenvalue weighted by Gasteiger charge is 2.35. The number of hydrogen-bond acceptors (Lipinski definition) is 8. The number of ether oxygens (including phenoxy) is 3. The summed E-state index contributed by atoms with van der Waals surface area (Å²) in [6.07, 6.45) is 0. The normalized spacial score (nSPS) is 17.5. The molecular weight excluding hydrogens is 494 g/mol. The van der Waals surface area contributed by atoms with Crippen LogP contribution in [0.4, 0.5) is 5.69 Å². The lowest BCUT2D eigenvalue weighted by atomic mass is 9.95. The smallest absolute Gasteiger partial charge is 0.338 e. The molecule has 0 saturated carbocycles. The third kappa shape index (κ3) is 3.93. The van der Waals surface area contributed by atoms with Crippen LogP contribution in [0.1, 0.15) is 36.6 Å². The number of aromatic nitrogens is 1. The topological polar surface area (TPSA) is 108 Å². The van der Waals surface area contributed by atoms with Crippen LogP contribution in [0.25, 0.3) is 5.57 Å². The molecule has 3 heterocycles. The fourth-order valence-corrected chi connectivity index (χ4v) is 5.83. The molecule has 1 amide bonds. The van der Waals surface area contributed by atoms with Gasteiger partial charge in [-0.15, -0.1) is 0 Å². The molecule has 0 fully saturated rings. The van der Waals surface area contributed by atoms with Crippen LogP contribution >= 0.6 is 11.3 Å². The minimum absolute atomic E-state index is 0.166. The van der Waals surface area contributed by atoms with Crippen LogP contribution in [-0.2, 0) is 14.3 Å². The van der Waals surface area contributed by atoms with E-state index in [1.54, 1.807) is 32.0 Å². The fraction of sp³-hybridized carbons (Fsp3) is 0.259. The number of allylic oxidation sites excluding steroid dienone is 1. The number of nitrogens with zero attached hydrogens (tertiary/aromatic N) is 2. The second kappa shape index (κ2) is 9.36. The summed E-state index contributed by atoms with van der Waals surface area (Å²) in [5.74, 6) is 0.0344. The van der Waals surface area contributed by atoms with Crippen LogP contribution in [0, 0.1) is 6.92 Å². The van der Waals surface area contributed by atoms with Gasteiger partial charge >= 0.3 is 5.97 Å². The highest BCUT2D eigenvalue weighted by molar-refractivity contribution is 7.07. The SMILES string of the molecule is CCOC(=O)C1=C(C)N=c2s/c(=C3\C(=O)Nc4ccc(C)cc43)c(=O)n2[C@H]1c1ccc(OC)c(OC)c1. The summed E-state index contributed by atoms with van der Waals surface area (Å²) in [7, 11) is 3.04. The van der Waals surface area contributed by atoms with Gasteiger partial charge in [-0.1, -0.05) is 29.0 Å². The molecule has 0 unspecified atom stereocenters.